The second-order valence-corrected chi connectivity index (χ2v) is 5.93. The number of carbonyl (C=O) groups is 2. The van der Waals surface area contributed by atoms with E-state index in [-0.39, 0.29) is 17.9 Å². The average Bonchev–Trinajstić information content (AvgIpc) is 2.58. The van der Waals surface area contributed by atoms with Crippen LogP contribution >= 0.6 is 0 Å². The lowest BCUT2D eigenvalue weighted by molar-refractivity contribution is -0.126. The molecule has 0 heterocycles. The first-order valence-corrected chi connectivity index (χ1v) is 8.48. The summed E-state index contributed by atoms with van der Waals surface area (Å²) in [5.41, 5.74) is 0.797. The van der Waals surface area contributed by atoms with Gasteiger partial charge in [-0.05, 0) is 51.0 Å². The quantitative estimate of drug-likeness (QED) is 0.672. The maximum atomic E-state index is 11.9. The Morgan fingerprint density at radius 3 is 2.52 bits per heavy atom. The Kier molecular flexibility index (Phi) is 8.53. The molecule has 6 heteroatoms. The number of nitrogens with one attached hydrogen (secondary N) is 2. The van der Waals surface area contributed by atoms with Crippen LogP contribution in [0.2, 0.25) is 0 Å². The van der Waals surface area contributed by atoms with Crippen LogP contribution in [0.5, 0.6) is 11.5 Å². The predicted octanol–water partition coefficient (Wildman–Crippen LogP) is 2.53. The van der Waals surface area contributed by atoms with E-state index in [0.29, 0.717) is 18.0 Å². The fourth-order valence-corrected chi connectivity index (χ4v) is 2.04. The summed E-state index contributed by atoms with van der Waals surface area (Å²) in [5.74, 6) is 0.727. The van der Waals surface area contributed by atoms with Gasteiger partial charge < -0.3 is 20.1 Å². The average molecular weight is 348 g/mol. The number of rotatable bonds is 9. The molecule has 25 heavy (non-hydrogen) atoms. The van der Waals surface area contributed by atoms with Gasteiger partial charge in [-0.25, -0.2) is 0 Å². The van der Waals surface area contributed by atoms with E-state index in [2.05, 4.69) is 10.6 Å². The first-order valence-electron chi connectivity index (χ1n) is 8.48. The van der Waals surface area contributed by atoms with Crippen LogP contribution < -0.4 is 20.1 Å². The summed E-state index contributed by atoms with van der Waals surface area (Å²) >= 11 is 0. The van der Waals surface area contributed by atoms with Gasteiger partial charge in [0.2, 0.25) is 11.8 Å². The number of amides is 2. The summed E-state index contributed by atoms with van der Waals surface area (Å²) in [5, 5.41) is 5.37. The van der Waals surface area contributed by atoms with Gasteiger partial charge in [0.15, 0.2) is 11.5 Å². The largest absolute Gasteiger partial charge is 0.493 e. The molecule has 0 aliphatic carbocycles. The number of hydrogen-bond donors (Lipinski definition) is 2. The molecular weight excluding hydrogens is 320 g/mol. The Morgan fingerprint density at radius 1 is 1.20 bits per heavy atom. The van der Waals surface area contributed by atoms with Crippen molar-refractivity contribution in [1.29, 1.82) is 0 Å². The van der Waals surface area contributed by atoms with Gasteiger partial charge in [-0.2, -0.15) is 0 Å². The molecule has 2 amide bonds. The second-order valence-electron chi connectivity index (χ2n) is 5.93. The van der Waals surface area contributed by atoms with E-state index >= 15 is 0 Å². The molecule has 0 saturated heterocycles. The summed E-state index contributed by atoms with van der Waals surface area (Å²) in [7, 11) is 1.57. The SMILES string of the molecule is CCCNC(=O)C(C)NC(=O)/C=C/c1ccc(OC(C)C)c(OC)c1. The van der Waals surface area contributed by atoms with Crippen LogP contribution in [-0.2, 0) is 9.59 Å². The van der Waals surface area contributed by atoms with Crippen molar-refractivity contribution >= 4 is 17.9 Å². The first-order chi connectivity index (χ1) is 11.9. The van der Waals surface area contributed by atoms with Gasteiger partial charge in [-0.1, -0.05) is 13.0 Å². The van der Waals surface area contributed by atoms with Crippen LogP contribution in [0.25, 0.3) is 6.08 Å². The fourth-order valence-electron chi connectivity index (χ4n) is 2.04. The van der Waals surface area contributed by atoms with E-state index in [1.54, 1.807) is 32.2 Å². The highest BCUT2D eigenvalue weighted by Gasteiger charge is 2.13. The van der Waals surface area contributed by atoms with Crippen molar-refractivity contribution in [1.82, 2.24) is 10.6 Å². The minimum atomic E-state index is -0.583. The maximum absolute atomic E-state index is 11.9. The van der Waals surface area contributed by atoms with Crippen LogP contribution in [0.15, 0.2) is 24.3 Å². The zero-order chi connectivity index (χ0) is 18.8. The molecule has 1 aromatic rings. The molecule has 1 atom stereocenters. The Labute approximate surface area is 149 Å². The van der Waals surface area contributed by atoms with Crippen molar-refractivity contribution in [3.63, 3.8) is 0 Å². The zero-order valence-electron chi connectivity index (χ0n) is 15.6. The molecule has 0 saturated carbocycles. The molecule has 138 valence electrons. The molecule has 1 unspecified atom stereocenters. The van der Waals surface area contributed by atoms with Crippen LogP contribution in [0, 0.1) is 0 Å². The van der Waals surface area contributed by atoms with E-state index in [0.717, 1.165) is 12.0 Å². The van der Waals surface area contributed by atoms with Crippen molar-refractivity contribution in [2.24, 2.45) is 0 Å². The van der Waals surface area contributed by atoms with Gasteiger partial charge in [0.05, 0.1) is 13.2 Å². The van der Waals surface area contributed by atoms with E-state index in [9.17, 15) is 9.59 Å². The normalized spacial score (nSPS) is 12.1. The molecule has 2 N–H and O–H groups in total. The molecule has 1 rings (SSSR count). The van der Waals surface area contributed by atoms with Crippen molar-refractivity contribution in [2.75, 3.05) is 13.7 Å². The Bertz CT molecular complexity index is 611. The topological polar surface area (TPSA) is 76.7 Å². The monoisotopic (exact) mass is 348 g/mol. The first kappa shape index (κ1) is 20.5. The lowest BCUT2D eigenvalue weighted by Crippen LogP contribution is -2.44. The Hall–Kier alpha value is -2.50. The smallest absolute Gasteiger partial charge is 0.244 e. The van der Waals surface area contributed by atoms with Crippen LogP contribution in [-0.4, -0.2) is 37.6 Å². The molecule has 0 fully saturated rings. The third-order valence-electron chi connectivity index (χ3n) is 3.28. The Morgan fingerprint density at radius 2 is 1.92 bits per heavy atom. The maximum Gasteiger partial charge on any atom is 0.244 e. The number of ether oxygens (including phenoxy) is 2. The van der Waals surface area contributed by atoms with E-state index in [1.807, 2.05) is 26.8 Å². The molecule has 0 aliphatic rings. The molecule has 6 nitrogen and oxygen atoms in total. The van der Waals surface area contributed by atoms with Gasteiger partial charge in [-0.15, -0.1) is 0 Å². The van der Waals surface area contributed by atoms with Crippen LogP contribution in [0.4, 0.5) is 0 Å². The van der Waals surface area contributed by atoms with Crippen molar-refractivity contribution in [3.8, 4) is 11.5 Å². The van der Waals surface area contributed by atoms with Gasteiger partial charge in [0, 0.05) is 12.6 Å². The van der Waals surface area contributed by atoms with Crippen LogP contribution in [0.3, 0.4) is 0 Å². The van der Waals surface area contributed by atoms with Crippen molar-refractivity contribution in [2.45, 2.75) is 46.3 Å². The summed E-state index contributed by atoms with van der Waals surface area (Å²) in [6.45, 7) is 8.10. The zero-order valence-corrected chi connectivity index (χ0v) is 15.6. The third kappa shape index (κ3) is 7.28. The highest BCUT2D eigenvalue weighted by molar-refractivity contribution is 5.95. The lowest BCUT2D eigenvalue weighted by atomic mass is 10.2. The number of benzene rings is 1. The van der Waals surface area contributed by atoms with E-state index in [4.69, 9.17) is 9.47 Å². The summed E-state index contributed by atoms with van der Waals surface area (Å²) < 4.78 is 11.0. The highest BCUT2D eigenvalue weighted by Crippen LogP contribution is 2.29. The molecule has 0 radical (unpaired) electrons. The minimum absolute atomic E-state index is 0.0430. The fraction of sp³-hybridized carbons (Fsp3) is 0.474. The molecule has 0 aliphatic heterocycles. The standard InChI is InChI=1S/C19H28N2O4/c1-6-11-20-19(23)14(4)21-18(22)10-8-15-7-9-16(25-13(2)3)17(12-15)24-5/h7-10,12-14H,6,11H2,1-5H3,(H,20,23)(H,21,22)/b10-8+. The van der Waals surface area contributed by atoms with Crippen LogP contribution in [0.1, 0.15) is 39.7 Å². The van der Waals surface area contributed by atoms with Crippen molar-refractivity contribution in [3.05, 3.63) is 29.8 Å². The van der Waals surface area contributed by atoms with Gasteiger partial charge in [0.1, 0.15) is 6.04 Å². The molecule has 0 bridgehead atoms. The number of carbonyl (C=O) groups excluding carboxylic acids is 2. The van der Waals surface area contributed by atoms with E-state index in [1.165, 1.54) is 6.08 Å². The van der Waals surface area contributed by atoms with Gasteiger partial charge >= 0.3 is 0 Å². The molecule has 0 spiro atoms. The predicted molar refractivity (Wildman–Crippen MR) is 98.7 cm³/mol. The third-order valence-corrected chi connectivity index (χ3v) is 3.28. The number of hydrogen-bond acceptors (Lipinski definition) is 4. The molecular formula is C19H28N2O4. The highest BCUT2D eigenvalue weighted by atomic mass is 16.5. The minimum Gasteiger partial charge on any atom is -0.493 e. The van der Waals surface area contributed by atoms with E-state index < -0.39 is 6.04 Å². The summed E-state index contributed by atoms with van der Waals surface area (Å²) in [6, 6.07) is 4.84. The lowest BCUT2D eigenvalue weighted by Gasteiger charge is -2.14. The second kappa shape index (κ2) is 10.4. The summed E-state index contributed by atoms with van der Waals surface area (Å²) in [4.78, 5) is 23.7. The van der Waals surface area contributed by atoms with Gasteiger partial charge in [0.25, 0.3) is 0 Å². The number of methoxy groups -OCH3 is 1. The molecule has 1 aromatic carbocycles. The molecule has 0 aromatic heterocycles. The summed E-state index contributed by atoms with van der Waals surface area (Å²) in [6.07, 6.45) is 3.95. The van der Waals surface area contributed by atoms with Gasteiger partial charge in [-0.3, -0.25) is 9.59 Å². The Balaban J connectivity index is 2.68. The van der Waals surface area contributed by atoms with Crippen molar-refractivity contribution < 1.29 is 19.1 Å².